The molecule has 0 aliphatic rings. The van der Waals surface area contributed by atoms with E-state index in [1.807, 2.05) is 31.2 Å². The summed E-state index contributed by atoms with van der Waals surface area (Å²) in [5, 5.41) is 3.19. The highest BCUT2D eigenvalue weighted by molar-refractivity contribution is 7.89. The summed E-state index contributed by atoms with van der Waals surface area (Å²) in [5.41, 5.74) is 2.26. The second kappa shape index (κ2) is 9.10. The number of nitrogens with one attached hydrogen (secondary N) is 2. The van der Waals surface area contributed by atoms with Crippen LogP contribution >= 0.6 is 0 Å². The standard InChI is InChI=1S/C15H26N2O2S/c1-3-14-9-5-6-10-15(14)13-17-20(18,19)12-8-7-11-16-4-2/h5-6,9-10,16-17H,3-4,7-8,11-13H2,1-2H3. The van der Waals surface area contributed by atoms with Gasteiger partial charge in [-0.05, 0) is 43.5 Å². The number of unbranched alkanes of at least 4 members (excludes halogenated alkanes) is 1. The normalized spacial score (nSPS) is 11.7. The van der Waals surface area contributed by atoms with Crippen LogP contribution in [0.2, 0.25) is 0 Å². The van der Waals surface area contributed by atoms with Crippen LogP contribution in [0.3, 0.4) is 0 Å². The highest BCUT2D eigenvalue weighted by Gasteiger charge is 2.10. The molecule has 0 aromatic heterocycles. The van der Waals surface area contributed by atoms with Crippen LogP contribution in [0.25, 0.3) is 0 Å². The number of aryl methyl sites for hydroxylation is 1. The molecule has 0 unspecified atom stereocenters. The van der Waals surface area contributed by atoms with Crippen LogP contribution < -0.4 is 10.0 Å². The fraction of sp³-hybridized carbons (Fsp3) is 0.600. The lowest BCUT2D eigenvalue weighted by molar-refractivity contribution is 0.574. The van der Waals surface area contributed by atoms with Crippen molar-refractivity contribution in [3.63, 3.8) is 0 Å². The van der Waals surface area contributed by atoms with Crippen LogP contribution in [0.5, 0.6) is 0 Å². The van der Waals surface area contributed by atoms with Crippen molar-refractivity contribution in [3.05, 3.63) is 35.4 Å². The second-order valence-electron chi connectivity index (χ2n) is 4.82. The van der Waals surface area contributed by atoms with Crippen molar-refractivity contribution in [3.8, 4) is 0 Å². The predicted octanol–water partition coefficient (Wildman–Crippen LogP) is 2.06. The van der Waals surface area contributed by atoms with Gasteiger partial charge in [0.15, 0.2) is 0 Å². The van der Waals surface area contributed by atoms with Crippen LogP contribution in [-0.4, -0.2) is 27.3 Å². The lowest BCUT2D eigenvalue weighted by Gasteiger charge is -2.10. The monoisotopic (exact) mass is 298 g/mol. The molecule has 0 amide bonds. The molecule has 0 aliphatic heterocycles. The molecule has 0 spiro atoms. The fourth-order valence-electron chi connectivity index (χ4n) is 2.05. The lowest BCUT2D eigenvalue weighted by Crippen LogP contribution is -2.27. The lowest BCUT2D eigenvalue weighted by atomic mass is 10.1. The maximum absolute atomic E-state index is 11.9. The molecule has 4 nitrogen and oxygen atoms in total. The van der Waals surface area contributed by atoms with Gasteiger partial charge in [0, 0.05) is 6.54 Å². The molecular formula is C15H26N2O2S. The van der Waals surface area contributed by atoms with Crippen LogP contribution in [0, 0.1) is 0 Å². The molecule has 0 saturated heterocycles. The van der Waals surface area contributed by atoms with Crippen molar-refractivity contribution in [2.75, 3.05) is 18.8 Å². The number of sulfonamides is 1. The van der Waals surface area contributed by atoms with Gasteiger partial charge < -0.3 is 5.32 Å². The zero-order chi connectivity index (χ0) is 14.8. The van der Waals surface area contributed by atoms with Gasteiger partial charge in [-0.1, -0.05) is 38.1 Å². The predicted molar refractivity (Wildman–Crippen MR) is 84.2 cm³/mol. The van der Waals surface area contributed by atoms with Crippen LogP contribution in [0.4, 0.5) is 0 Å². The SMILES string of the molecule is CCNCCCCS(=O)(=O)NCc1ccccc1CC. The van der Waals surface area contributed by atoms with E-state index in [0.717, 1.165) is 31.5 Å². The molecule has 0 saturated carbocycles. The summed E-state index contributed by atoms with van der Waals surface area (Å²) < 4.78 is 26.5. The molecule has 114 valence electrons. The molecule has 1 aromatic carbocycles. The molecule has 1 rings (SSSR count). The first-order valence-corrected chi connectivity index (χ1v) is 8.99. The molecule has 0 atom stereocenters. The minimum atomic E-state index is -3.17. The summed E-state index contributed by atoms with van der Waals surface area (Å²) in [5.74, 6) is 0.201. The van der Waals surface area contributed by atoms with E-state index in [4.69, 9.17) is 0 Å². The Balaban J connectivity index is 2.39. The Morgan fingerprint density at radius 3 is 2.40 bits per heavy atom. The Labute approximate surface area is 123 Å². The largest absolute Gasteiger partial charge is 0.317 e. The van der Waals surface area contributed by atoms with E-state index < -0.39 is 10.0 Å². The third kappa shape index (κ3) is 6.50. The zero-order valence-corrected chi connectivity index (χ0v) is 13.3. The van der Waals surface area contributed by atoms with Crippen molar-refractivity contribution in [2.24, 2.45) is 0 Å². The van der Waals surface area contributed by atoms with Crippen molar-refractivity contribution in [2.45, 2.75) is 39.7 Å². The maximum Gasteiger partial charge on any atom is 0.211 e. The number of rotatable bonds is 10. The molecule has 0 bridgehead atoms. The van der Waals surface area contributed by atoms with E-state index in [-0.39, 0.29) is 5.75 Å². The van der Waals surface area contributed by atoms with Gasteiger partial charge in [0.2, 0.25) is 10.0 Å². The zero-order valence-electron chi connectivity index (χ0n) is 12.5. The topological polar surface area (TPSA) is 58.2 Å². The number of hydrogen-bond acceptors (Lipinski definition) is 3. The van der Waals surface area contributed by atoms with Gasteiger partial charge in [0.1, 0.15) is 0 Å². The summed E-state index contributed by atoms with van der Waals surface area (Å²) in [4.78, 5) is 0. The molecule has 5 heteroatoms. The third-order valence-corrected chi connectivity index (χ3v) is 4.66. The van der Waals surface area contributed by atoms with Gasteiger partial charge in [-0.2, -0.15) is 0 Å². The van der Waals surface area contributed by atoms with E-state index in [2.05, 4.69) is 17.0 Å². The highest BCUT2D eigenvalue weighted by atomic mass is 32.2. The van der Waals surface area contributed by atoms with Crippen LogP contribution in [0.1, 0.15) is 37.8 Å². The quantitative estimate of drug-likeness (QED) is 0.650. The third-order valence-electron chi connectivity index (χ3n) is 3.25. The van der Waals surface area contributed by atoms with E-state index >= 15 is 0 Å². The van der Waals surface area contributed by atoms with Crippen LogP contribution in [-0.2, 0) is 23.0 Å². The van der Waals surface area contributed by atoms with E-state index in [1.54, 1.807) is 0 Å². The molecule has 0 heterocycles. The fourth-order valence-corrected chi connectivity index (χ4v) is 3.16. The number of hydrogen-bond donors (Lipinski definition) is 2. The van der Waals surface area contributed by atoms with Crippen molar-refractivity contribution < 1.29 is 8.42 Å². The molecule has 0 radical (unpaired) electrons. The van der Waals surface area contributed by atoms with E-state index in [1.165, 1.54) is 5.56 Å². The summed E-state index contributed by atoms with van der Waals surface area (Å²) in [6.07, 6.45) is 2.50. The molecule has 1 aromatic rings. The van der Waals surface area contributed by atoms with Gasteiger partial charge in [0.05, 0.1) is 5.75 Å². The molecule has 0 fully saturated rings. The highest BCUT2D eigenvalue weighted by Crippen LogP contribution is 2.09. The number of benzene rings is 1. The Hall–Kier alpha value is -0.910. The minimum Gasteiger partial charge on any atom is -0.317 e. The van der Waals surface area contributed by atoms with E-state index in [9.17, 15) is 8.42 Å². The summed E-state index contributed by atoms with van der Waals surface area (Å²) >= 11 is 0. The first-order valence-electron chi connectivity index (χ1n) is 7.34. The smallest absolute Gasteiger partial charge is 0.211 e. The van der Waals surface area contributed by atoms with Crippen LogP contribution in [0.15, 0.2) is 24.3 Å². The molecule has 20 heavy (non-hydrogen) atoms. The first-order chi connectivity index (χ1) is 9.59. The maximum atomic E-state index is 11.9. The van der Waals surface area contributed by atoms with Crippen molar-refractivity contribution in [1.29, 1.82) is 0 Å². The average Bonchev–Trinajstić information content (AvgIpc) is 2.45. The molecule has 2 N–H and O–H groups in total. The molecular weight excluding hydrogens is 272 g/mol. The first kappa shape index (κ1) is 17.1. The van der Waals surface area contributed by atoms with Gasteiger partial charge in [-0.25, -0.2) is 13.1 Å². The Bertz CT molecular complexity index is 486. The summed E-state index contributed by atoms with van der Waals surface area (Å²) in [7, 11) is -3.17. The van der Waals surface area contributed by atoms with E-state index in [0.29, 0.717) is 13.0 Å². The van der Waals surface area contributed by atoms with Crippen molar-refractivity contribution in [1.82, 2.24) is 10.0 Å². The van der Waals surface area contributed by atoms with Gasteiger partial charge in [0.25, 0.3) is 0 Å². The summed E-state index contributed by atoms with van der Waals surface area (Å²) in [6, 6.07) is 7.95. The van der Waals surface area contributed by atoms with Gasteiger partial charge in [-0.3, -0.25) is 0 Å². The van der Waals surface area contributed by atoms with Gasteiger partial charge in [-0.15, -0.1) is 0 Å². The second-order valence-corrected chi connectivity index (χ2v) is 6.75. The van der Waals surface area contributed by atoms with Gasteiger partial charge >= 0.3 is 0 Å². The Morgan fingerprint density at radius 1 is 1.05 bits per heavy atom. The minimum absolute atomic E-state index is 0.201. The van der Waals surface area contributed by atoms with Crippen molar-refractivity contribution >= 4 is 10.0 Å². The average molecular weight is 298 g/mol. The Morgan fingerprint density at radius 2 is 1.75 bits per heavy atom. The summed E-state index contributed by atoms with van der Waals surface area (Å²) in [6.45, 7) is 6.32. The molecule has 0 aliphatic carbocycles. The Kier molecular flexibility index (Phi) is 7.80.